The van der Waals surface area contributed by atoms with Gasteiger partial charge in [0.15, 0.2) is 9.84 Å². The molecular weight excluding hydrogens is 162 g/mol. The molecule has 68 valence electrons. The maximum absolute atomic E-state index is 11.2. The van der Waals surface area contributed by atoms with E-state index in [-0.39, 0.29) is 17.2 Å². The maximum Gasteiger partial charge on any atom is 0.165 e. The topological polar surface area (TPSA) is 46.2 Å². The predicted octanol–water partition coefficient (Wildman–Crippen LogP) is 0.765. The van der Waals surface area contributed by atoms with Gasteiger partial charge in [0.2, 0.25) is 0 Å². The lowest BCUT2D eigenvalue weighted by atomic mass is 10.4. The van der Waals surface area contributed by atoms with Crippen molar-refractivity contribution in [2.45, 2.75) is 39.0 Å². The average Bonchev–Trinajstić information content (AvgIpc) is 1.84. The Labute approximate surface area is 69.1 Å². The molecule has 11 heavy (non-hydrogen) atoms. The molecule has 0 rings (SSSR count). The monoisotopic (exact) mass is 179 g/mol. The molecule has 0 aromatic rings. The van der Waals surface area contributed by atoms with E-state index >= 15 is 0 Å². The zero-order valence-corrected chi connectivity index (χ0v) is 8.40. The Morgan fingerprint density at radius 1 is 1.18 bits per heavy atom. The van der Waals surface area contributed by atoms with Gasteiger partial charge in [0, 0.05) is 6.04 Å². The van der Waals surface area contributed by atoms with Crippen LogP contribution in [-0.2, 0) is 9.84 Å². The molecule has 0 aliphatic heterocycles. The fourth-order valence-corrected chi connectivity index (χ4v) is 1.35. The molecule has 4 heteroatoms. The molecular formula is C7H17NO2S. The lowest BCUT2D eigenvalue weighted by Gasteiger charge is -2.10. The van der Waals surface area contributed by atoms with Gasteiger partial charge < -0.3 is 5.32 Å². The normalized spacial score (nSPS) is 12.9. The summed E-state index contributed by atoms with van der Waals surface area (Å²) < 4.78 is 22.3. The molecule has 0 aromatic carbocycles. The first kappa shape index (κ1) is 10.9. The molecule has 0 unspecified atom stereocenters. The molecule has 1 N–H and O–H groups in total. The molecule has 0 atom stereocenters. The summed E-state index contributed by atoms with van der Waals surface area (Å²) in [7, 11) is -2.90. The van der Waals surface area contributed by atoms with Crippen LogP contribution in [0.15, 0.2) is 0 Å². The minimum absolute atomic E-state index is 0.0856. The van der Waals surface area contributed by atoms with E-state index in [0.29, 0.717) is 0 Å². The van der Waals surface area contributed by atoms with Crippen molar-refractivity contribution >= 4 is 9.84 Å². The highest BCUT2D eigenvalue weighted by atomic mass is 32.2. The summed E-state index contributed by atoms with van der Waals surface area (Å²) in [6.45, 7) is 7.24. The van der Waals surface area contributed by atoms with Crippen molar-refractivity contribution in [2.75, 3.05) is 5.88 Å². The summed E-state index contributed by atoms with van der Waals surface area (Å²) in [4.78, 5) is 0. The Morgan fingerprint density at radius 3 is 1.91 bits per heavy atom. The second-order valence-electron chi connectivity index (χ2n) is 3.21. The zero-order valence-electron chi connectivity index (χ0n) is 7.59. The van der Waals surface area contributed by atoms with E-state index in [2.05, 4.69) is 5.32 Å². The molecule has 3 nitrogen and oxygen atoms in total. The van der Waals surface area contributed by atoms with Crippen LogP contribution in [0.1, 0.15) is 27.7 Å². The SMILES string of the molecule is CC(C)NCS(=O)(=O)C(C)C. The van der Waals surface area contributed by atoms with E-state index in [4.69, 9.17) is 0 Å². The molecule has 0 aliphatic carbocycles. The van der Waals surface area contributed by atoms with E-state index in [1.807, 2.05) is 13.8 Å². The molecule has 0 aromatic heterocycles. The highest BCUT2D eigenvalue weighted by Gasteiger charge is 2.15. The summed E-state index contributed by atoms with van der Waals surface area (Å²) in [5, 5.41) is 2.60. The lowest BCUT2D eigenvalue weighted by molar-refractivity contribution is 0.565. The lowest BCUT2D eigenvalue weighted by Crippen LogP contribution is -2.32. The van der Waals surface area contributed by atoms with Gasteiger partial charge in [-0.1, -0.05) is 13.8 Å². The van der Waals surface area contributed by atoms with Crippen LogP contribution in [0.25, 0.3) is 0 Å². The fraction of sp³-hybridized carbons (Fsp3) is 1.00. The molecule has 0 aliphatic rings. The first-order chi connectivity index (χ1) is 4.86. The minimum Gasteiger partial charge on any atom is -0.301 e. The minimum atomic E-state index is -2.90. The maximum atomic E-state index is 11.2. The van der Waals surface area contributed by atoms with E-state index in [0.717, 1.165) is 0 Å². The largest absolute Gasteiger partial charge is 0.301 e. The first-order valence-corrected chi connectivity index (χ1v) is 5.52. The molecule has 0 saturated carbocycles. The van der Waals surface area contributed by atoms with Crippen molar-refractivity contribution < 1.29 is 8.42 Å². The fourth-order valence-electron chi connectivity index (χ4n) is 0.449. The Bertz CT molecular complexity index is 194. The van der Waals surface area contributed by atoms with Crippen LogP contribution in [0.3, 0.4) is 0 Å². The molecule has 0 radical (unpaired) electrons. The van der Waals surface area contributed by atoms with Gasteiger partial charge in [-0.2, -0.15) is 0 Å². The number of hydrogen-bond donors (Lipinski definition) is 1. The van der Waals surface area contributed by atoms with Crippen molar-refractivity contribution in [3.63, 3.8) is 0 Å². The van der Waals surface area contributed by atoms with Gasteiger partial charge in [-0.3, -0.25) is 0 Å². The molecule has 0 heterocycles. The van der Waals surface area contributed by atoms with Gasteiger partial charge >= 0.3 is 0 Å². The molecule has 0 spiro atoms. The van der Waals surface area contributed by atoms with Crippen LogP contribution in [0.5, 0.6) is 0 Å². The molecule has 0 amide bonds. The second kappa shape index (κ2) is 4.07. The summed E-state index contributed by atoms with van der Waals surface area (Å²) >= 11 is 0. The Balaban J connectivity index is 3.95. The van der Waals surface area contributed by atoms with Gasteiger partial charge in [0.25, 0.3) is 0 Å². The summed E-state index contributed by atoms with van der Waals surface area (Å²) in [6.07, 6.45) is 0. The smallest absolute Gasteiger partial charge is 0.165 e. The number of hydrogen-bond acceptors (Lipinski definition) is 3. The highest BCUT2D eigenvalue weighted by molar-refractivity contribution is 7.91. The third-order valence-corrected chi connectivity index (χ3v) is 3.42. The van der Waals surface area contributed by atoms with Crippen molar-refractivity contribution in [2.24, 2.45) is 0 Å². The van der Waals surface area contributed by atoms with Crippen LogP contribution in [0.4, 0.5) is 0 Å². The average molecular weight is 179 g/mol. The zero-order chi connectivity index (χ0) is 9.07. The molecule has 0 fully saturated rings. The van der Waals surface area contributed by atoms with Gasteiger partial charge in [0.1, 0.15) is 0 Å². The summed E-state index contributed by atoms with van der Waals surface area (Å²) in [6, 6.07) is 0.225. The van der Waals surface area contributed by atoms with E-state index in [9.17, 15) is 8.42 Å². The van der Waals surface area contributed by atoms with Crippen molar-refractivity contribution in [1.29, 1.82) is 0 Å². The van der Waals surface area contributed by atoms with Crippen molar-refractivity contribution in [3.05, 3.63) is 0 Å². The summed E-state index contributed by atoms with van der Waals surface area (Å²) in [5.74, 6) is 0.0856. The Hall–Kier alpha value is -0.0900. The van der Waals surface area contributed by atoms with Crippen LogP contribution in [-0.4, -0.2) is 25.6 Å². The van der Waals surface area contributed by atoms with E-state index < -0.39 is 9.84 Å². The third-order valence-electron chi connectivity index (χ3n) is 1.41. The third kappa shape index (κ3) is 4.37. The van der Waals surface area contributed by atoms with E-state index in [1.165, 1.54) is 0 Å². The highest BCUT2D eigenvalue weighted by Crippen LogP contribution is 1.98. The van der Waals surface area contributed by atoms with Crippen LogP contribution >= 0.6 is 0 Å². The van der Waals surface area contributed by atoms with Crippen molar-refractivity contribution in [3.8, 4) is 0 Å². The number of nitrogens with one attached hydrogen (secondary N) is 1. The number of sulfone groups is 1. The van der Waals surface area contributed by atoms with Gasteiger partial charge in [-0.15, -0.1) is 0 Å². The van der Waals surface area contributed by atoms with Gasteiger partial charge in [-0.25, -0.2) is 8.42 Å². The van der Waals surface area contributed by atoms with Gasteiger partial charge in [-0.05, 0) is 13.8 Å². The number of rotatable bonds is 4. The van der Waals surface area contributed by atoms with Crippen LogP contribution in [0, 0.1) is 0 Å². The second-order valence-corrected chi connectivity index (χ2v) is 5.77. The van der Waals surface area contributed by atoms with Crippen LogP contribution < -0.4 is 5.32 Å². The Kier molecular flexibility index (Phi) is 4.03. The van der Waals surface area contributed by atoms with Crippen LogP contribution in [0.2, 0.25) is 0 Å². The van der Waals surface area contributed by atoms with E-state index in [1.54, 1.807) is 13.8 Å². The standard InChI is InChI=1S/C7H17NO2S/c1-6(2)8-5-11(9,10)7(3)4/h6-8H,5H2,1-4H3. The molecule has 0 saturated heterocycles. The molecule has 0 bridgehead atoms. The summed E-state index contributed by atoms with van der Waals surface area (Å²) in [5.41, 5.74) is 0. The Morgan fingerprint density at radius 2 is 1.64 bits per heavy atom. The first-order valence-electron chi connectivity index (χ1n) is 3.81. The quantitative estimate of drug-likeness (QED) is 0.693. The van der Waals surface area contributed by atoms with Crippen molar-refractivity contribution in [1.82, 2.24) is 5.32 Å². The van der Waals surface area contributed by atoms with Gasteiger partial charge in [0.05, 0.1) is 11.1 Å². The predicted molar refractivity (Wildman–Crippen MR) is 47.2 cm³/mol.